The summed E-state index contributed by atoms with van der Waals surface area (Å²) in [5.41, 5.74) is 1.17. The summed E-state index contributed by atoms with van der Waals surface area (Å²) in [5, 5.41) is 10.6. The van der Waals surface area contributed by atoms with Gasteiger partial charge in [0.2, 0.25) is 0 Å². The number of β-amino-alcohol motifs (C(OH)–C–C–N with tert-alkyl or cyclic N) is 1. The number of hydrogen-bond acceptors (Lipinski definition) is 5. The molecule has 0 spiro atoms. The first-order chi connectivity index (χ1) is 11.7. The molecule has 0 bridgehead atoms. The SMILES string of the molecule is CCCCc1ncc(CN2CC[C@@H](N3CCN(C)CC3)[C@H](O)C2)[nH]1. The van der Waals surface area contributed by atoms with E-state index < -0.39 is 0 Å². The molecule has 24 heavy (non-hydrogen) atoms. The molecule has 2 saturated heterocycles. The maximum absolute atomic E-state index is 10.6. The number of H-pyrrole nitrogens is 1. The predicted octanol–water partition coefficient (Wildman–Crippen LogP) is 0.935. The summed E-state index contributed by atoms with van der Waals surface area (Å²) in [6, 6.07) is 0.330. The van der Waals surface area contributed by atoms with E-state index in [0.717, 1.165) is 64.5 Å². The number of aliphatic hydroxyl groups excluding tert-OH is 1. The zero-order valence-corrected chi connectivity index (χ0v) is 15.2. The molecular formula is C18H33N5O. The molecule has 2 fully saturated rings. The zero-order valence-electron chi connectivity index (χ0n) is 15.2. The number of rotatable bonds is 6. The molecule has 6 nitrogen and oxygen atoms in total. The van der Waals surface area contributed by atoms with Crippen molar-refractivity contribution in [2.75, 3.05) is 46.3 Å². The van der Waals surface area contributed by atoms with Crippen molar-refractivity contribution >= 4 is 0 Å². The number of likely N-dealkylation sites (N-methyl/N-ethyl adjacent to an activating group) is 1. The number of aromatic nitrogens is 2. The van der Waals surface area contributed by atoms with Crippen molar-refractivity contribution in [3.8, 4) is 0 Å². The van der Waals surface area contributed by atoms with Crippen LogP contribution in [0.25, 0.3) is 0 Å². The maximum atomic E-state index is 10.6. The molecule has 136 valence electrons. The number of likely N-dealkylation sites (tertiary alicyclic amines) is 1. The number of unbranched alkanes of at least 4 members (excludes halogenated alkanes) is 1. The molecule has 0 radical (unpaired) electrons. The minimum atomic E-state index is -0.246. The van der Waals surface area contributed by atoms with Crippen molar-refractivity contribution < 1.29 is 5.11 Å². The Morgan fingerprint density at radius 2 is 2.04 bits per heavy atom. The number of piperazine rings is 1. The van der Waals surface area contributed by atoms with Gasteiger partial charge in [-0.15, -0.1) is 0 Å². The monoisotopic (exact) mass is 335 g/mol. The van der Waals surface area contributed by atoms with Crippen LogP contribution in [0.5, 0.6) is 0 Å². The van der Waals surface area contributed by atoms with E-state index in [0.29, 0.717) is 6.04 Å². The number of nitrogens with zero attached hydrogens (tertiary/aromatic N) is 4. The van der Waals surface area contributed by atoms with Gasteiger partial charge in [-0.3, -0.25) is 9.80 Å². The smallest absolute Gasteiger partial charge is 0.106 e. The number of aromatic amines is 1. The second-order valence-electron chi connectivity index (χ2n) is 7.46. The van der Waals surface area contributed by atoms with Gasteiger partial charge in [-0.1, -0.05) is 13.3 Å². The number of nitrogens with one attached hydrogen (secondary N) is 1. The molecule has 3 heterocycles. The fraction of sp³-hybridized carbons (Fsp3) is 0.833. The Bertz CT molecular complexity index is 497. The second kappa shape index (κ2) is 8.43. The van der Waals surface area contributed by atoms with Gasteiger partial charge in [0.25, 0.3) is 0 Å². The standard InChI is InChI=1S/C18H33N5O/c1-3-4-5-18-19-12-15(20-18)13-22-7-6-16(17(24)14-22)23-10-8-21(2)9-11-23/h12,16-17,24H,3-11,13-14H2,1-2H3,(H,19,20)/t16-,17-/m1/s1. The number of piperidine rings is 1. The molecular weight excluding hydrogens is 302 g/mol. The van der Waals surface area contributed by atoms with Gasteiger partial charge in [-0.2, -0.15) is 0 Å². The summed E-state index contributed by atoms with van der Waals surface area (Å²) in [4.78, 5) is 15.1. The summed E-state index contributed by atoms with van der Waals surface area (Å²) in [6.07, 6.45) is 6.19. The Morgan fingerprint density at radius 1 is 1.25 bits per heavy atom. The molecule has 0 aliphatic carbocycles. The van der Waals surface area contributed by atoms with Crippen LogP contribution in [0.3, 0.4) is 0 Å². The van der Waals surface area contributed by atoms with Crippen LogP contribution in [0, 0.1) is 0 Å². The van der Waals surface area contributed by atoms with Crippen molar-refractivity contribution in [2.24, 2.45) is 0 Å². The molecule has 1 aromatic heterocycles. The van der Waals surface area contributed by atoms with Crippen LogP contribution in [-0.4, -0.2) is 88.2 Å². The van der Waals surface area contributed by atoms with E-state index in [1.807, 2.05) is 6.20 Å². The van der Waals surface area contributed by atoms with Gasteiger partial charge < -0.3 is 15.0 Å². The molecule has 2 N–H and O–H groups in total. The Kier molecular flexibility index (Phi) is 6.27. The van der Waals surface area contributed by atoms with Gasteiger partial charge in [-0.25, -0.2) is 4.98 Å². The third-order valence-corrected chi connectivity index (χ3v) is 5.48. The summed E-state index contributed by atoms with van der Waals surface area (Å²) in [5.74, 6) is 1.10. The third-order valence-electron chi connectivity index (χ3n) is 5.48. The number of aryl methyl sites for hydroxylation is 1. The van der Waals surface area contributed by atoms with Crippen LogP contribution in [0.1, 0.15) is 37.7 Å². The Morgan fingerprint density at radius 3 is 2.75 bits per heavy atom. The highest BCUT2D eigenvalue weighted by molar-refractivity contribution is 5.02. The van der Waals surface area contributed by atoms with Gasteiger partial charge in [0.1, 0.15) is 5.82 Å². The minimum Gasteiger partial charge on any atom is -0.390 e. The lowest BCUT2D eigenvalue weighted by molar-refractivity contribution is -0.0288. The Balaban J connectivity index is 1.47. The summed E-state index contributed by atoms with van der Waals surface area (Å²) in [7, 11) is 2.18. The van der Waals surface area contributed by atoms with Crippen LogP contribution in [-0.2, 0) is 13.0 Å². The molecule has 6 heteroatoms. The molecule has 2 atom stereocenters. The lowest BCUT2D eigenvalue weighted by Gasteiger charge is -2.44. The second-order valence-corrected chi connectivity index (χ2v) is 7.46. The predicted molar refractivity (Wildman–Crippen MR) is 96.0 cm³/mol. The van der Waals surface area contributed by atoms with E-state index in [2.05, 4.69) is 38.6 Å². The van der Waals surface area contributed by atoms with Crippen LogP contribution < -0.4 is 0 Å². The van der Waals surface area contributed by atoms with E-state index >= 15 is 0 Å². The molecule has 0 amide bonds. The molecule has 3 rings (SSSR count). The van der Waals surface area contributed by atoms with Gasteiger partial charge in [0, 0.05) is 70.2 Å². The first kappa shape index (κ1) is 17.9. The lowest BCUT2D eigenvalue weighted by Crippen LogP contribution is -2.58. The van der Waals surface area contributed by atoms with Crippen molar-refractivity contribution in [3.05, 3.63) is 17.7 Å². The van der Waals surface area contributed by atoms with Crippen LogP contribution in [0.2, 0.25) is 0 Å². The van der Waals surface area contributed by atoms with Crippen molar-refractivity contribution in [3.63, 3.8) is 0 Å². The Hall–Kier alpha value is -0.950. The molecule has 1 aromatic rings. The van der Waals surface area contributed by atoms with Gasteiger partial charge in [-0.05, 0) is 19.9 Å². The van der Waals surface area contributed by atoms with E-state index in [4.69, 9.17) is 0 Å². The summed E-state index contributed by atoms with van der Waals surface area (Å²) in [6.45, 7) is 9.28. The fourth-order valence-electron chi connectivity index (χ4n) is 3.91. The highest BCUT2D eigenvalue weighted by Crippen LogP contribution is 2.20. The van der Waals surface area contributed by atoms with Gasteiger partial charge >= 0.3 is 0 Å². The van der Waals surface area contributed by atoms with Gasteiger partial charge in [0.05, 0.1) is 6.10 Å². The van der Waals surface area contributed by atoms with E-state index in [1.54, 1.807) is 0 Å². The third kappa shape index (κ3) is 4.57. The molecule has 0 aromatic carbocycles. The minimum absolute atomic E-state index is 0.246. The first-order valence-electron chi connectivity index (χ1n) is 9.51. The molecule has 2 aliphatic heterocycles. The fourth-order valence-corrected chi connectivity index (χ4v) is 3.91. The van der Waals surface area contributed by atoms with E-state index in [-0.39, 0.29) is 6.10 Å². The average molecular weight is 335 g/mol. The first-order valence-corrected chi connectivity index (χ1v) is 9.51. The number of aliphatic hydroxyl groups is 1. The summed E-state index contributed by atoms with van der Waals surface area (Å²) < 4.78 is 0. The van der Waals surface area contributed by atoms with Crippen LogP contribution in [0.15, 0.2) is 6.20 Å². The largest absolute Gasteiger partial charge is 0.390 e. The van der Waals surface area contributed by atoms with Crippen LogP contribution in [0.4, 0.5) is 0 Å². The highest BCUT2D eigenvalue weighted by atomic mass is 16.3. The average Bonchev–Trinajstić information content (AvgIpc) is 3.01. The van der Waals surface area contributed by atoms with Crippen molar-refractivity contribution in [1.29, 1.82) is 0 Å². The molecule has 0 saturated carbocycles. The van der Waals surface area contributed by atoms with Gasteiger partial charge in [0.15, 0.2) is 0 Å². The normalized spacial score (nSPS) is 27.6. The molecule has 2 aliphatic rings. The lowest BCUT2D eigenvalue weighted by atomic mass is 9.99. The van der Waals surface area contributed by atoms with Crippen molar-refractivity contribution in [1.82, 2.24) is 24.7 Å². The Labute approximate surface area is 145 Å². The van der Waals surface area contributed by atoms with Crippen LogP contribution >= 0.6 is 0 Å². The maximum Gasteiger partial charge on any atom is 0.106 e. The molecule has 0 unspecified atom stereocenters. The summed E-state index contributed by atoms with van der Waals surface area (Å²) >= 11 is 0. The number of imidazole rings is 1. The van der Waals surface area contributed by atoms with Crippen molar-refractivity contribution in [2.45, 2.75) is 51.3 Å². The number of hydrogen-bond donors (Lipinski definition) is 2. The van der Waals surface area contributed by atoms with E-state index in [1.165, 1.54) is 18.5 Å². The van der Waals surface area contributed by atoms with E-state index in [9.17, 15) is 5.11 Å². The zero-order chi connectivity index (χ0) is 16.9. The highest BCUT2D eigenvalue weighted by Gasteiger charge is 2.33. The topological polar surface area (TPSA) is 58.6 Å². The quantitative estimate of drug-likeness (QED) is 0.810.